The lowest BCUT2D eigenvalue weighted by Crippen LogP contribution is -2.43. The van der Waals surface area contributed by atoms with Crippen molar-refractivity contribution in [2.24, 2.45) is 0 Å². The summed E-state index contributed by atoms with van der Waals surface area (Å²) in [6.45, 7) is 3.88. The fourth-order valence-electron chi connectivity index (χ4n) is 3.25. The van der Waals surface area contributed by atoms with Crippen molar-refractivity contribution in [2.45, 2.75) is 23.8 Å². The minimum absolute atomic E-state index is 0.0147. The second-order valence-electron chi connectivity index (χ2n) is 6.43. The van der Waals surface area contributed by atoms with Crippen molar-refractivity contribution in [1.82, 2.24) is 14.5 Å². The van der Waals surface area contributed by atoms with Crippen molar-refractivity contribution in [3.8, 4) is 0 Å². The van der Waals surface area contributed by atoms with Gasteiger partial charge in [0.15, 0.2) is 0 Å². The molecule has 2 aliphatic rings. The van der Waals surface area contributed by atoms with Gasteiger partial charge in [0, 0.05) is 31.7 Å². The van der Waals surface area contributed by atoms with Gasteiger partial charge in [0.1, 0.15) is 0 Å². The molecule has 0 bridgehead atoms. The first kappa shape index (κ1) is 18.3. The SMILES string of the molecule is CN(C1CCNCC1)S(=O)(=O)c1ccc(C(=O)N2CCOCC2)cc1. The highest BCUT2D eigenvalue weighted by Gasteiger charge is 2.29. The highest BCUT2D eigenvalue weighted by molar-refractivity contribution is 7.89. The Morgan fingerprint density at radius 2 is 1.76 bits per heavy atom. The summed E-state index contributed by atoms with van der Waals surface area (Å²) in [6, 6.07) is 6.27. The fraction of sp³-hybridized carbons (Fsp3) is 0.588. The largest absolute Gasteiger partial charge is 0.378 e. The van der Waals surface area contributed by atoms with Gasteiger partial charge in [0.25, 0.3) is 5.91 Å². The van der Waals surface area contributed by atoms with Crippen molar-refractivity contribution in [1.29, 1.82) is 0 Å². The summed E-state index contributed by atoms with van der Waals surface area (Å²) < 4.78 is 32.3. The molecule has 1 amide bonds. The number of benzene rings is 1. The van der Waals surface area contributed by atoms with E-state index in [1.54, 1.807) is 24.1 Å². The number of nitrogens with zero attached hydrogens (tertiary/aromatic N) is 2. The molecule has 2 fully saturated rings. The van der Waals surface area contributed by atoms with Crippen LogP contribution in [0.15, 0.2) is 29.2 Å². The third kappa shape index (κ3) is 4.03. The molecule has 7 nitrogen and oxygen atoms in total. The molecule has 2 saturated heterocycles. The number of hydrogen-bond acceptors (Lipinski definition) is 5. The molecule has 0 spiro atoms. The zero-order chi connectivity index (χ0) is 17.9. The molecule has 2 aliphatic heterocycles. The Balaban J connectivity index is 1.73. The number of nitrogens with one attached hydrogen (secondary N) is 1. The van der Waals surface area contributed by atoms with Crippen molar-refractivity contribution in [3.05, 3.63) is 29.8 Å². The molecular weight excluding hydrogens is 342 g/mol. The van der Waals surface area contributed by atoms with Gasteiger partial charge in [0.2, 0.25) is 10.0 Å². The van der Waals surface area contributed by atoms with E-state index in [0.717, 1.165) is 25.9 Å². The molecule has 25 heavy (non-hydrogen) atoms. The van der Waals surface area contributed by atoms with Crippen LogP contribution >= 0.6 is 0 Å². The Labute approximate surface area is 149 Å². The summed E-state index contributed by atoms with van der Waals surface area (Å²) >= 11 is 0. The Morgan fingerprint density at radius 1 is 1.16 bits per heavy atom. The predicted octanol–water partition coefficient (Wildman–Crippen LogP) is 0.532. The van der Waals surface area contributed by atoms with Crippen LogP contribution in [0.1, 0.15) is 23.2 Å². The molecule has 0 saturated carbocycles. The highest BCUT2D eigenvalue weighted by atomic mass is 32.2. The van der Waals surface area contributed by atoms with Gasteiger partial charge in [-0.2, -0.15) is 4.31 Å². The molecule has 8 heteroatoms. The van der Waals surface area contributed by atoms with Crippen LogP contribution in [-0.2, 0) is 14.8 Å². The quantitative estimate of drug-likeness (QED) is 0.840. The summed E-state index contributed by atoms with van der Waals surface area (Å²) in [6.07, 6.45) is 1.62. The van der Waals surface area contributed by atoms with E-state index in [4.69, 9.17) is 4.74 Å². The number of rotatable bonds is 4. The van der Waals surface area contributed by atoms with Crippen molar-refractivity contribution < 1.29 is 17.9 Å². The average Bonchev–Trinajstić information content (AvgIpc) is 2.68. The van der Waals surface area contributed by atoms with E-state index in [9.17, 15) is 13.2 Å². The normalized spacial score (nSPS) is 20.0. The van der Waals surface area contributed by atoms with Crippen LogP contribution in [0, 0.1) is 0 Å². The minimum Gasteiger partial charge on any atom is -0.378 e. The zero-order valence-corrected chi connectivity index (χ0v) is 15.3. The maximum Gasteiger partial charge on any atom is 0.254 e. The molecule has 0 radical (unpaired) electrons. The third-order valence-corrected chi connectivity index (χ3v) is 6.82. The van der Waals surface area contributed by atoms with Crippen LogP contribution in [0.5, 0.6) is 0 Å². The van der Waals surface area contributed by atoms with Gasteiger partial charge in [-0.15, -0.1) is 0 Å². The summed E-state index contributed by atoms with van der Waals surface area (Å²) in [4.78, 5) is 14.4. The number of ether oxygens (including phenoxy) is 1. The lowest BCUT2D eigenvalue weighted by Gasteiger charge is -2.31. The van der Waals surface area contributed by atoms with Crippen LogP contribution in [0.3, 0.4) is 0 Å². The monoisotopic (exact) mass is 367 g/mol. The average molecular weight is 367 g/mol. The van der Waals surface area contributed by atoms with Crippen LogP contribution in [0.2, 0.25) is 0 Å². The van der Waals surface area contributed by atoms with Gasteiger partial charge >= 0.3 is 0 Å². The van der Waals surface area contributed by atoms with E-state index in [1.165, 1.54) is 16.4 Å². The fourth-order valence-corrected chi connectivity index (χ4v) is 4.67. The Morgan fingerprint density at radius 3 is 2.36 bits per heavy atom. The van der Waals surface area contributed by atoms with Crippen LogP contribution in [-0.4, -0.2) is 76.0 Å². The van der Waals surface area contributed by atoms with Gasteiger partial charge in [-0.05, 0) is 50.2 Å². The van der Waals surface area contributed by atoms with Crippen molar-refractivity contribution in [2.75, 3.05) is 46.4 Å². The van der Waals surface area contributed by atoms with Crippen molar-refractivity contribution in [3.63, 3.8) is 0 Å². The summed E-state index contributed by atoms with van der Waals surface area (Å²) in [7, 11) is -1.91. The molecule has 1 aromatic rings. The molecule has 0 atom stereocenters. The van der Waals surface area contributed by atoms with E-state index < -0.39 is 10.0 Å². The van der Waals surface area contributed by atoms with Gasteiger partial charge in [-0.1, -0.05) is 0 Å². The lowest BCUT2D eigenvalue weighted by molar-refractivity contribution is 0.0303. The van der Waals surface area contributed by atoms with E-state index in [-0.39, 0.29) is 16.8 Å². The number of piperidine rings is 1. The van der Waals surface area contributed by atoms with Crippen molar-refractivity contribution >= 4 is 15.9 Å². The zero-order valence-electron chi connectivity index (χ0n) is 14.5. The third-order valence-electron chi connectivity index (χ3n) is 4.90. The van der Waals surface area contributed by atoms with Crippen LogP contribution in [0.25, 0.3) is 0 Å². The van der Waals surface area contributed by atoms with E-state index in [0.29, 0.717) is 31.9 Å². The second kappa shape index (κ2) is 7.82. The first-order valence-electron chi connectivity index (χ1n) is 8.66. The molecule has 1 aromatic carbocycles. The molecule has 1 N–H and O–H groups in total. The summed E-state index contributed by atoms with van der Waals surface area (Å²) in [5.74, 6) is -0.0843. The highest BCUT2D eigenvalue weighted by Crippen LogP contribution is 2.21. The molecular formula is C17H25N3O4S. The molecule has 2 heterocycles. The molecule has 3 rings (SSSR count). The Hall–Kier alpha value is -1.48. The topological polar surface area (TPSA) is 79.0 Å². The van der Waals surface area contributed by atoms with E-state index >= 15 is 0 Å². The first-order chi connectivity index (χ1) is 12.0. The molecule has 0 aliphatic carbocycles. The lowest BCUT2D eigenvalue weighted by atomic mass is 10.1. The second-order valence-corrected chi connectivity index (χ2v) is 8.43. The van der Waals surface area contributed by atoms with Gasteiger partial charge < -0.3 is 15.0 Å². The number of hydrogen-bond donors (Lipinski definition) is 1. The standard InChI is InChI=1S/C17H25N3O4S/c1-19(15-6-8-18-9-7-15)25(22,23)16-4-2-14(3-5-16)17(21)20-10-12-24-13-11-20/h2-5,15,18H,6-13H2,1H3. The number of carbonyl (C=O) groups excluding carboxylic acids is 1. The molecule has 0 unspecified atom stereocenters. The number of amides is 1. The number of morpholine rings is 1. The maximum absolute atomic E-state index is 12.8. The molecule has 0 aromatic heterocycles. The smallest absolute Gasteiger partial charge is 0.254 e. The maximum atomic E-state index is 12.8. The first-order valence-corrected chi connectivity index (χ1v) is 10.1. The molecule has 138 valence electrons. The van der Waals surface area contributed by atoms with Gasteiger partial charge in [0.05, 0.1) is 18.1 Å². The van der Waals surface area contributed by atoms with Crippen LogP contribution in [0.4, 0.5) is 0 Å². The minimum atomic E-state index is -3.55. The Bertz CT molecular complexity index is 693. The number of carbonyl (C=O) groups is 1. The number of sulfonamides is 1. The summed E-state index contributed by atoms with van der Waals surface area (Å²) in [5.41, 5.74) is 0.505. The van der Waals surface area contributed by atoms with Crippen LogP contribution < -0.4 is 5.32 Å². The van der Waals surface area contributed by atoms with E-state index in [2.05, 4.69) is 5.32 Å². The predicted molar refractivity (Wildman–Crippen MR) is 94.0 cm³/mol. The van der Waals surface area contributed by atoms with Gasteiger partial charge in [-0.25, -0.2) is 8.42 Å². The van der Waals surface area contributed by atoms with E-state index in [1.807, 2.05) is 0 Å². The summed E-state index contributed by atoms with van der Waals surface area (Å²) in [5, 5.41) is 3.24. The van der Waals surface area contributed by atoms with Gasteiger partial charge in [-0.3, -0.25) is 4.79 Å². The Kier molecular flexibility index (Phi) is 5.73.